The fourth-order valence-electron chi connectivity index (χ4n) is 0.485. The molecule has 0 spiro atoms. The Balaban J connectivity index is 0.000000291. The summed E-state index contributed by atoms with van der Waals surface area (Å²) in [4.78, 5) is 10.3. The third-order valence-electron chi connectivity index (χ3n) is 0.829. The molecule has 1 rings (SSSR count). The molecule has 1 aliphatic rings. The van der Waals surface area contributed by atoms with Crippen molar-refractivity contribution in [1.29, 1.82) is 0 Å². The molecule has 2 nitrogen and oxygen atoms in total. The van der Waals surface area contributed by atoms with Crippen molar-refractivity contribution in [2.24, 2.45) is 0 Å². The standard InChI is InChI=1S/C4H7NOS.C2H6/c1-3-2-7-4(6)5-3;1-2/h3H,2H2,1H3,(H,5,6);1-2H3. The second-order valence-corrected chi connectivity index (χ2v) is 2.64. The van der Waals surface area contributed by atoms with Gasteiger partial charge in [-0.05, 0) is 6.92 Å². The number of hydrogen-bond donors (Lipinski definition) is 1. The molecule has 1 N–H and O–H groups in total. The Kier molecular flexibility index (Phi) is 4.58. The summed E-state index contributed by atoms with van der Waals surface area (Å²) >= 11 is 1.36. The molecule has 0 aromatic carbocycles. The van der Waals surface area contributed by atoms with Crippen LogP contribution in [0.15, 0.2) is 0 Å². The zero-order valence-electron chi connectivity index (χ0n) is 6.10. The predicted octanol–water partition coefficient (Wildman–Crippen LogP) is 1.86. The van der Waals surface area contributed by atoms with Crippen molar-refractivity contribution in [3.05, 3.63) is 0 Å². The van der Waals surface area contributed by atoms with E-state index < -0.39 is 0 Å². The Morgan fingerprint density at radius 2 is 2.22 bits per heavy atom. The van der Waals surface area contributed by atoms with Gasteiger partial charge in [0.05, 0.1) is 0 Å². The first-order valence-corrected chi connectivity index (χ1v) is 4.21. The molecule has 1 aliphatic heterocycles. The van der Waals surface area contributed by atoms with Crippen LogP contribution in [0.2, 0.25) is 0 Å². The highest BCUT2D eigenvalue weighted by atomic mass is 32.2. The van der Waals surface area contributed by atoms with Crippen LogP contribution >= 0.6 is 11.8 Å². The van der Waals surface area contributed by atoms with E-state index in [-0.39, 0.29) is 5.24 Å². The molecular formula is C6H13NOS. The first-order valence-electron chi connectivity index (χ1n) is 3.22. The second kappa shape index (κ2) is 4.68. The molecule has 1 heterocycles. The number of amides is 1. The SMILES string of the molecule is CC.CC1CSC(=O)N1. The molecule has 0 aromatic rings. The third-order valence-corrected chi connectivity index (χ3v) is 1.88. The zero-order chi connectivity index (χ0) is 7.28. The molecule has 0 saturated carbocycles. The van der Waals surface area contributed by atoms with Crippen LogP contribution in [-0.2, 0) is 0 Å². The summed E-state index contributed by atoms with van der Waals surface area (Å²) in [5, 5.41) is 2.86. The minimum Gasteiger partial charge on any atom is -0.344 e. The average molecular weight is 147 g/mol. The first kappa shape index (κ1) is 8.82. The second-order valence-electron chi connectivity index (χ2n) is 1.64. The summed E-state index contributed by atoms with van der Waals surface area (Å²) in [5.41, 5.74) is 0. The fourth-order valence-corrected chi connectivity index (χ4v) is 1.25. The Bertz CT molecular complexity index is 95.1. The number of carbonyl (C=O) groups is 1. The molecule has 54 valence electrons. The van der Waals surface area contributed by atoms with Crippen molar-refractivity contribution in [1.82, 2.24) is 5.32 Å². The van der Waals surface area contributed by atoms with Gasteiger partial charge in [-0.1, -0.05) is 25.6 Å². The lowest BCUT2D eigenvalue weighted by Gasteiger charge is -1.94. The van der Waals surface area contributed by atoms with Crippen LogP contribution in [0, 0.1) is 0 Å². The topological polar surface area (TPSA) is 29.1 Å². The van der Waals surface area contributed by atoms with Gasteiger partial charge < -0.3 is 5.32 Å². The molecule has 1 atom stereocenters. The van der Waals surface area contributed by atoms with Crippen LogP contribution in [0.25, 0.3) is 0 Å². The molecule has 1 saturated heterocycles. The first-order chi connectivity index (χ1) is 4.29. The van der Waals surface area contributed by atoms with Gasteiger partial charge >= 0.3 is 0 Å². The monoisotopic (exact) mass is 147 g/mol. The van der Waals surface area contributed by atoms with Gasteiger partial charge in [0, 0.05) is 11.8 Å². The van der Waals surface area contributed by atoms with Crippen LogP contribution in [0.3, 0.4) is 0 Å². The van der Waals surface area contributed by atoms with Gasteiger partial charge in [-0.3, -0.25) is 4.79 Å². The highest BCUT2D eigenvalue weighted by Gasteiger charge is 2.15. The Morgan fingerprint density at radius 1 is 1.67 bits per heavy atom. The Morgan fingerprint density at radius 3 is 2.33 bits per heavy atom. The molecule has 0 aliphatic carbocycles. The van der Waals surface area contributed by atoms with Crippen molar-refractivity contribution >= 4 is 17.0 Å². The van der Waals surface area contributed by atoms with Gasteiger partial charge in [0.1, 0.15) is 0 Å². The molecule has 1 fully saturated rings. The smallest absolute Gasteiger partial charge is 0.279 e. The minimum absolute atomic E-state index is 0.118. The van der Waals surface area contributed by atoms with Gasteiger partial charge in [0.2, 0.25) is 0 Å². The Labute approximate surface area is 60.4 Å². The fraction of sp³-hybridized carbons (Fsp3) is 0.833. The number of thioether (sulfide) groups is 1. The quantitative estimate of drug-likeness (QED) is 0.566. The van der Waals surface area contributed by atoms with E-state index >= 15 is 0 Å². The van der Waals surface area contributed by atoms with Crippen molar-refractivity contribution in [3.8, 4) is 0 Å². The highest BCUT2D eigenvalue weighted by Crippen LogP contribution is 2.11. The summed E-state index contributed by atoms with van der Waals surface area (Å²) in [6.07, 6.45) is 0. The molecule has 0 aromatic heterocycles. The zero-order valence-corrected chi connectivity index (χ0v) is 6.92. The summed E-state index contributed by atoms with van der Waals surface area (Å²) < 4.78 is 0. The van der Waals surface area contributed by atoms with Gasteiger partial charge in [-0.25, -0.2) is 0 Å². The molecule has 9 heavy (non-hydrogen) atoms. The van der Waals surface area contributed by atoms with Gasteiger partial charge in [0.25, 0.3) is 5.24 Å². The van der Waals surface area contributed by atoms with Crippen LogP contribution < -0.4 is 5.32 Å². The number of rotatable bonds is 0. The largest absolute Gasteiger partial charge is 0.344 e. The molecule has 1 unspecified atom stereocenters. The van der Waals surface area contributed by atoms with Gasteiger partial charge in [-0.15, -0.1) is 0 Å². The Hall–Kier alpha value is -0.180. The molecule has 1 amide bonds. The summed E-state index contributed by atoms with van der Waals surface area (Å²) in [6.45, 7) is 6.00. The van der Waals surface area contributed by atoms with Gasteiger partial charge in [0.15, 0.2) is 0 Å². The van der Waals surface area contributed by atoms with E-state index in [0.29, 0.717) is 6.04 Å². The highest BCUT2D eigenvalue weighted by molar-refractivity contribution is 8.13. The van der Waals surface area contributed by atoms with E-state index in [4.69, 9.17) is 0 Å². The number of hydrogen-bond acceptors (Lipinski definition) is 2. The van der Waals surface area contributed by atoms with E-state index in [1.54, 1.807) is 0 Å². The average Bonchev–Trinajstić information content (AvgIpc) is 2.20. The maximum absolute atomic E-state index is 10.3. The maximum Gasteiger partial charge on any atom is 0.279 e. The number of carbonyl (C=O) groups excluding carboxylic acids is 1. The van der Waals surface area contributed by atoms with Crippen molar-refractivity contribution in [3.63, 3.8) is 0 Å². The predicted molar refractivity (Wildman–Crippen MR) is 41.8 cm³/mol. The number of nitrogens with one attached hydrogen (secondary N) is 1. The minimum atomic E-state index is 0.118. The molecule has 0 radical (unpaired) electrons. The summed E-state index contributed by atoms with van der Waals surface area (Å²) in [5.74, 6) is 0.929. The summed E-state index contributed by atoms with van der Waals surface area (Å²) in [7, 11) is 0. The van der Waals surface area contributed by atoms with Gasteiger partial charge in [-0.2, -0.15) is 0 Å². The van der Waals surface area contributed by atoms with Crippen LogP contribution in [0.1, 0.15) is 20.8 Å². The van der Waals surface area contributed by atoms with Crippen molar-refractivity contribution < 1.29 is 4.79 Å². The third kappa shape index (κ3) is 3.40. The molecule has 3 heteroatoms. The molecular weight excluding hydrogens is 134 g/mol. The maximum atomic E-state index is 10.3. The van der Waals surface area contributed by atoms with E-state index in [9.17, 15) is 4.79 Å². The van der Waals surface area contributed by atoms with Crippen LogP contribution in [0.5, 0.6) is 0 Å². The molecule has 0 bridgehead atoms. The van der Waals surface area contributed by atoms with Crippen LogP contribution in [-0.4, -0.2) is 17.0 Å². The van der Waals surface area contributed by atoms with E-state index in [1.165, 1.54) is 11.8 Å². The van der Waals surface area contributed by atoms with E-state index in [0.717, 1.165) is 5.75 Å². The van der Waals surface area contributed by atoms with Crippen LogP contribution in [0.4, 0.5) is 4.79 Å². The summed E-state index contributed by atoms with van der Waals surface area (Å²) in [6, 6.07) is 0.387. The van der Waals surface area contributed by atoms with Crippen molar-refractivity contribution in [2.45, 2.75) is 26.8 Å². The van der Waals surface area contributed by atoms with E-state index in [2.05, 4.69) is 5.32 Å². The lowest BCUT2D eigenvalue weighted by atomic mass is 10.4. The van der Waals surface area contributed by atoms with E-state index in [1.807, 2.05) is 20.8 Å². The normalized spacial score (nSPS) is 24.3. The van der Waals surface area contributed by atoms with Crippen molar-refractivity contribution in [2.75, 3.05) is 5.75 Å². The lowest BCUT2D eigenvalue weighted by Crippen LogP contribution is -2.21. The lowest BCUT2D eigenvalue weighted by molar-refractivity contribution is 0.260.